The Morgan fingerprint density at radius 2 is 2.05 bits per heavy atom. The summed E-state index contributed by atoms with van der Waals surface area (Å²) in [6, 6.07) is 3.51. The van der Waals surface area contributed by atoms with Crippen molar-refractivity contribution >= 4 is 10.0 Å². The Morgan fingerprint density at radius 1 is 1.30 bits per heavy atom. The fourth-order valence-corrected chi connectivity index (χ4v) is 3.21. The van der Waals surface area contributed by atoms with Gasteiger partial charge < -0.3 is 8.83 Å². The number of hydrogen-bond acceptors (Lipinski definition) is 6. The number of sulfonamides is 1. The Hall–Kier alpha value is -1.67. The second kappa shape index (κ2) is 5.02. The summed E-state index contributed by atoms with van der Waals surface area (Å²) in [5, 5.41) is 8.00. The molecule has 2 aromatic heterocycles. The van der Waals surface area contributed by atoms with Gasteiger partial charge >= 0.3 is 0 Å². The van der Waals surface area contributed by atoms with E-state index in [-0.39, 0.29) is 5.92 Å². The Kier molecular flexibility index (Phi) is 3.35. The third-order valence-electron chi connectivity index (χ3n) is 3.44. The summed E-state index contributed by atoms with van der Waals surface area (Å²) >= 11 is 0. The van der Waals surface area contributed by atoms with Gasteiger partial charge in [-0.15, -0.1) is 10.2 Å². The zero-order chi connectivity index (χ0) is 14.2. The van der Waals surface area contributed by atoms with Gasteiger partial charge in [0, 0.05) is 19.0 Å². The Labute approximate surface area is 116 Å². The molecule has 7 nitrogen and oxygen atoms in total. The molecule has 1 aliphatic rings. The van der Waals surface area contributed by atoms with Crippen molar-refractivity contribution in [2.24, 2.45) is 0 Å². The molecular formula is C12H15N3O4S. The highest BCUT2D eigenvalue weighted by atomic mass is 32.2. The molecular weight excluding hydrogens is 282 g/mol. The van der Waals surface area contributed by atoms with Crippen LogP contribution in [0.3, 0.4) is 0 Å². The van der Waals surface area contributed by atoms with Gasteiger partial charge in [-0.25, -0.2) is 12.7 Å². The number of furan rings is 1. The lowest BCUT2D eigenvalue weighted by atomic mass is 9.98. The van der Waals surface area contributed by atoms with Gasteiger partial charge in [0.1, 0.15) is 0 Å². The minimum absolute atomic E-state index is 0.101. The van der Waals surface area contributed by atoms with E-state index >= 15 is 0 Å². The molecule has 0 saturated carbocycles. The molecule has 0 aliphatic carbocycles. The van der Waals surface area contributed by atoms with Crippen LogP contribution in [0.5, 0.6) is 0 Å². The summed E-state index contributed by atoms with van der Waals surface area (Å²) in [5.41, 5.74) is 0. The molecule has 8 heteroatoms. The average Bonchev–Trinajstić information content (AvgIpc) is 3.09. The molecule has 0 N–H and O–H groups in total. The topological polar surface area (TPSA) is 89.4 Å². The van der Waals surface area contributed by atoms with Crippen molar-refractivity contribution in [2.75, 3.05) is 19.3 Å². The third-order valence-corrected chi connectivity index (χ3v) is 4.75. The van der Waals surface area contributed by atoms with Gasteiger partial charge in [0.15, 0.2) is 5.76 Å². The largest absolute Gasteiger partial charge is 0.459 e. The lowest BCUT2D eigenvalue weighted by molar-refractivity contribution is 0.292. The highest BCUT2D eigenvalue weighted by Gasteiger charge is 2.29. The number of rotatable bonds is 3. The second-order valence-corrected chi connectivity index (χ2v) is 6.84. The van der Waals surface area contributed by atoms with Gasteiger partial charge in [0.25, 0.3) is 5.89 Å². The van der Waals surface area contributed by atoms with Crippen molar-refractivity contribution in [3.63, 3.8) is 0 Å². The van der Waals surface area contributed by atoms with Crippen LogP contribution < -0.4 is 0 Å². The van der Waals surface area contributed by atoms with E-state index in [4.69, 9.17) is 8.83 Å². The van der Waals surface area contributed by atoms with E-state index in [9.17, 15) is 8.42 Å². The normalized spacial score (nSPS) is 18.4. The fourth-order valence-electron chi connectivity index (χ4n) is 2.33. The summed E-state index contributed by atoms with van der Waals surface area (Å²) in [7, 11) is -3.11. The summed E-state index contributed by atoms with van der Waals surface area (Å²) in [4.78, 5) is 0. The fraction of sp³-hybridized carbons (Fsp3) is 0.500. The van der Waals surface area contributed by atoms with Crippen LogP contribution >= 0.6 is 0 Å². The molecule has 1 saturated heterocycles. The monoisotopic (exact) mass is 297 g/mol. The smallest absolute Gasteiger partial charge is 0.283 e. The molecule has 1 fully saturated rings. The molecule has 0 spiro atoms. The van der Waals surface area contributed by atoms with Crippen LogP contribution in [0.1, 0.15) is 24.7 Å². The Balaban J connectivity index is 1.70. The van der Waals surface area contributed by atoms with E-state index < -0.39 is 10.0 Å². The van der Waals surface area contributed by atoms with E-state index in [0.29, 0.717) is 43.5 Å². The quantitative estimate of drug-likeness (QED) is 0.852. The van der Waals surface area contributed by atoms with Crippen LogP contribution in [0, 0.1) is 0 Å². The van der Waals surface area contributed by atoms with Crippen molar-refractivity contribution in [1.82, 2.24) is 14.5 Å². The first-order valence-corrected chi connectivity index (χ1v) is 8.21. The molecule has 0 unspecified atom stereocenters. The molecule has 3 heterocycles. The maximum Gasteiger partial charge on any atom is 0.283 e. The number of nitrogens with zero attached hydrogens (tertiary/aromatic N) is 3. The summed E-state index contributed by atoms with van der Waals surface area (Å²) in [6.07, 6.45) is 4.15. The maximum atomic E-state index is 11.5. The van der Waals surface area contributed by atoms with Crippen LogP contribution in [0.15, 0.2) is 27.2 Å². The summed E-state index contributed by atoms with van der Waals surface area (Å²) < 4.78 is 35.2. The number of piperidine rings is 1. The molecule has 1 aliphatic heterocycles. The van der Waals surface area contributed by atoms with E-state index in [1.54, 1.807) is 18.4 Å². The van der Waals surface area contributed by atoms with E-state index in [1.165, 1.54) is 10.6 Å². The van der Waals surface area contributed by atoms with Gasteiger partial charge in [-0.1, -0.05) is 0 Å². The molecule has 2 aromatic rings. The van der Waals surface area contributed by atoms with Crippen molar-refractivity contribution in [3.05, 3.63) is 24.3 Å². The maximum absolute atomic E-state index is 11.5. The third kappa shape index (κ3) is 2.61. The first-order valence-electron chi connectivity index (χ1n) is 6.36. The van der Waals surface area contributed by atoms with E-state index in [0.717, 1.165) is 0 Å². The lowest BCUT2D eigenvalue weighted by Crippen LogP contribution is -2.37. The Bertz CT molecular complexity index is 669. The zero-order valence-corrected chi connectivity index (χ0v) is 11.8. The van der Waals surface area contributed by atoms with Gasteiger partial charge in [-0.3, -0.25) is 0 Å². The molecule has 108 valence electrons. The summed E-state index contributed by atoms with van der Waals surface area (Å²) in [5.74, 6) is 1.54. The van der Waals surface area contributed by atoms with Crippen LogP contribution in [0.2, 0.25) is 0 Å². The first-order chi connectivity index (χ1) is 9.54. The minimum atomic E-state index is -3.11. The van der Waals surface area contributed by atoms with Crippen LogP contribution in [0.4, 0.5) is 0 Å². The van der Waals surface area contributed by atoms with Crippen molar-refractivity contribution in [1.29, 1.82) is 0 Å². The molecule has 0 amide bonds. The SMILES string of the molecule is CS(=O)(=O)N1CCC(c2nnc(-c3ccco3)o2)CC1. The van der Waals surface area contributed by atoms with E-state index in [2.05, 4.69) is 10.2 Å². The molecule has 0 bridgehead atoms. The molecule has 0 radical (unpaired) electrons. The van der Waals surface area contributed by atoms with Gasteiger partial charge in [-0.05, 0) is 25.0 Å². The molecule has 0 atom stereocenters. The molecule has 20 heavy (non-hydrogen) atoms. The van der Waals surface area contributed by atoms with Gasteiger partial charge in [0.05, 0.1) is 12.5 Å². The highest BCUT2D eigenvalue weighted by molar-refractivity contribution is 7.88. The van der Waals surface area contributed by atoms with Crippen molar-refractivity contribution < 1.29 is 17.3 Å². The van der Waals surface area contributed by atoms with Crippen LogP contribution in [-0.2, 0) is 10.0 Å². The van der Waals surface area contributed by atoms with E-state index in [1.807, 2.05) is 0 Å². The standard InChI is InChI=1S/C12H15N3O4S/c1-20(16,17)15-6-4-9(5-7-15)11-13-14-12(19-11)10-3-2-8-18-10/h2-3,8-9H,4-7H2,1H3. The summed E-state index contributed by atoms with van der Waals surface area (Å²) in [6.45, 7) is 0.976. The Morgan fingerprint density at radius 3 is 2.65 bits per heavy atom. The zero-order valence-electron chi connectivity index (χ0n) is 11.0. The minimum Gasteiger partial charge on any atom is -0.459 e. The molecule has 0 aromatic carbocycles. The number of hydrogen-bond donors (Lipinski definition) is 0. The van der Waals surface area contributed by atoms with Gasteiger partial charge in [-0.2, -0.15) is 0 Å². The van der Waals surface area contributed by atoms with Crippen molar-refractivity contribution in [3.8, 4) is 11.7 Å². The number of aromatic nitrogens is 2. The average molecular weight is 297 g/mol. The van der Waals surface area contributed by atoms with Gasteiger partial charge in [0.2, 0.25) is 15.9 Å². The molecule has 3 rings (SSSR count). The second-order valence-electron chi connectivity index (χ2n) is 4.86. The predicted molar refractivity (Wildman–Crippen MR) is 70.4 cm³/mol. The first kappa shape index (κ1) is 13.3. The van der Waals surface area contributed by atoms with Crippen LogP contribution in [0.25, 0.3) is 11.7 Å². The van der Waals surface area contributed by atoms with Crippen LogP contribution in [-0.4, -0.2) is 42.3 Å². The highest BCUT2D eigenvalue weighted by Crippen LogP contribution is 2.30. The van der Waals surface area contributed by atoms with Crippen molar-refractivity contribution in [2.45, 2.75) is 18.8 Å². The lowest BCUT2D eigenvalue weighted by Gasteiger charge is -2.28. The predicted octanol–water partition coefficient (Wildman–Crippen LogP) is 1.47.